The van der Waals surface area contributed by atoms with E-state index in [1.54, 1.807) is 42.5 Å². The van der Waals surface area contributed by atoms with Crippen LogP contribution >= 0.6 is 11.8 Å². The minimum Gasteiger partial charge on any atom is -0.492 e. The normalized spacial score (nSPS) is 11.2. The van der Waals surface area contributed by atoms with Crippen LogP contribution in [0.5, 0.6) is 5.75 Å². The summed E-state index contributed by atoms with van der Waals surface area (Å²) in [4.78, 5) is 50.1. The molecule has 0 aliphatic carbocycles. The highest BCUT2D eigenvalue weighted by Crippen LogP contribution is 2.38. The van der Waals surface area contributed by atoms with E-state index in [2.05, 4.69) is 10.6 Å². The maximum Gasteiger partial charge on any atom is 0.336 e. The SMILES string of the molecule is CCOc1ccccc1NC(=O)C(Sc1cccc(NC(=O)c2ccc(C(=O)O)cc2C(=O)O)c1)c1ccccc1. The molecule has 0 spiro atoms. The molecule has 4 aromatic carbocycles. The molecule has 1 unspecified atom stereocenters. The van der Waals surface area contributed by atoms with Crippen LogP contribution in [0.2, 0.25) is 0 Å². The zero-order chi connectivity index (χ0) is 29.4. The van der Waals surface area contributed by atoms with Gasteiger partial charge in [-0.1, -0.05) is 48.5 Å². The Morgan fingerprint density at radius 2 is 1.51 bits per heavy atom. The van der Waals surface area contributed by atoms with Gasteiger partial charge >= 0.3 is 11.9 Å². The van der Waals surface area contributed by atoms with Gasteiger partial charge in [-0.15, -0.1) is 11.8 Å². The maximum atomic E-state index is 13.5. The van der Waals surface area contributed by atoms with Gasteiger partial charge < -0.3 is 25.6 Å². The van der Waals surface area contributed by atoms with Crippen LogP contribution in [0.4, 0.5) is 11.4 Å². The number of ether oxygens (including phenoxy) is 1. The third-order valence-electron chi connectivity index (χ3n) is 5.87. The van der Waals surface area contributed by atoms with E-state index >= 15 is 0 Å². The number of para-hydroxylation sites is 2. The first-order chi connectivity index (χ1) is 19.8. The van der Waals surface area contributed by atoms with Crippen LogP contribution in [0, 0.1) is 0 Å². The van der Waals surface area contributed by atoms with Crippen molar-refractivity contribution in [3.05, 3.63) is 119 Å². The first-order valence-electron chi connectivity index (χ1n) is 12.5. The Balaban J connectivity index is 1.58. The number of hydrogen-bond acceptors (Lipinski definition) is 6. The quantitative estimate of drug-likeness (QED) is 0.156. The first kappa shape index (κ1) is 28.9. The third-order valence-corrected chi connectivity index (χ3v) is 7.12. The number of thioether (sulfide) groups is 1. The van der Waals surface area contributed by atoms with Crippen LogP contribution in [0.3, 0.4) is 0 Å². The highest BCUT2D eigenvalue weighted by molar-refractivity contribution is 8.00. The molecule has 4 aromatic rings. The Morgan fingerprint density at radius 3 is 2.22 bits per heavy atom. The van der Waals surface area contributed by atoms with Crippen molar-refractivity contribution in [3.8, 4) is 5.75 Å². The molecule has 0 aliphatic rings. The summed E-state index contributed by atoms with van der Waals surface area (Å²) in [5, 5.41) is 23.7. The molecule has 0 aliphatic heterocycles. The summed E-state index contributed by atoms with van der Waals surface area (Å²) in [6.45, 7) is 2.31. The molecule has 0 saturated carbocycles. The number of amides is 2. The second-order valence-corrected chi connectivity index (χ2v) is 9.86. The highest BCUT2D eigenvalue weighted by Gasteiger charge is 2.24. The molecule has 9 nitrogen and oxygen atoms in total. The van der Waals surface area contributed by atoms with Gasteiger partial charge in [-0.2, -0.15) is 0 Å². The summed E-state index contributed by atoms with van der Waals surface area (Å²) in [6.07, 6.45) is 0. The number of carboxylic acids is 2. The van der Waals surface area contributed by atoms with Crippen LogP contribution in [0.1, 0.15) is 48.8 Å². The van der Waals surface area contributed by atoms with E-state index < -0.39 is 28.7 Å². The van der Waals surface area contributed by atoms with E-state index in [1.165, 1.54) is 17.8 Å². The molecule has 0 aromatic heterocycles. The van der Waals surface area contributed by atoms with Crippen molar-refractivity contribution < 1.29 is 34.1 Å². The molecular weight excluding hydrogens is 544 g/mol. The Kier molecular flexibility index (Phi) is 9.39. The van der Waals surface area contributed by atoms with Crippen molar-refractivity contribution in [2.24, 2.45) is 0 Å². The smallest absolute Gasteiger partial charge is 0.336 e. The summed E-state index contributed by atoms with van der Waals surface area (Å²) in [5.41, 5.74) is 0.822. The molecule has 4 N–H and O–H groups in total. The fraction of sp³-hybridized carbons (Fsp3) is 0.0968. The lowest BCUT2D eigenvalue weighted by Gasteiger charge is -2.19. The largest absolute Gasteiger partial charge is 0.492 e. The topological polar surface area (TPSA) is 142 Å². The Bertz CT molecular complexity index is 1590. The van der Waals surface area contributed by atoms with Crippen molar-refractivity contribution >= 4 is 46.9 Å². The van der Waals surface area contributed by atoms with E-state index in [9.17, 15) is 24.3 Å². The molecule has 0 bridgehead atoms. The predicted octanol–water partition coefficient (Wildman–Crippen LogP) is 6.21. The predicted molar refractivity (Wildman–Crippen MR) is 156 cm³/mol. The first-order valence-corrected chi connectivity index (χ1v) is 13.4. The molecular formula is C31H26N2O7S. The Morgan fingerprint density at radius 1 is 0.780 bits per heavy atom. The summed E-state index contributed by atoms with van der Waals surface area (Å²) < 4.78 is 5.64. The van der Waals surface area contributed by atoms with Gasteiger partial charge in [0.25, 0.3) is 5.91 Å². The summed E-state index contributed by atoms with van der Waals surface area (Å²) in [6, 6.07) is 26.5. The second kappa shape index (κ2) is 13.3. The van der Waals surface area contributed by atoms with Gasteiger partial charge in [0.15, 0.2) is 0 Å². The van der Waals surface area contributed by atoms with Gasteiger partial charge in [0.05, 0.1) is 29.0 Å². The van der Waals surface area contributed by atoms with Crippen LogP contribution in [-0.4, -0.2) is 40.6 Å². The van der Waals surface area contributed by atoms with Crippen molar-refractivity contribution in [2.75, 3.05) is 17.2 Å². The van der Waals surface area contributed by atoms with Crippen molar-refractivity contribution in [2.45, 2.75) is 17.1 Å². The monoisotopic (exact) mass is 570 g/mol. The third kappa shape index (κ3) is 7.31. The highest BCUT2D eigenvalue weighted by atomic mass is 32.2. The van der Waals surface area contributed by atoms with Gasteiger partial charge in [-0.3, -0.25) is 9.59 Å². The minimum atomic E-state index is -1.43. The number of carbonyl (C=O) groups excluding carboxylic acids is 2. The summed E-state index contributed by atoms with van der Waals surface area (Å²) in [7, 11) is 0. The van der Waals surface area contributed by atoms with Crippen LogP contribution in [0.15, 0.2) is 102 Å². The van der Waals surface area contributed by atoms with E-state index in [0.29, 0.717) is 28.6 Å². The average Bonchev–Trinajstić information content (AvgIpc) is 2.97. The fourth-order valence-electron chi connectivity index (χ4n) is 3.98. The number of benzene rings is 4. The lowest BCUT2D eigenvalue weighted by molar-refractivity contribution is -0.115. The standard InChI is InChI=1S/C31H26N2O7S/c1-2-40-26-14-7-6-13-25(26)33-29(35)27(19-9-4-3-5-10-19)41-22-12-8-11-21(18-22)32-28(34)23-16-15-20(30(36)37)17-24(23)31(38)39/h3-18,27H,2H2,1H3,(H,32,34)(H,33,35)(H,36,37)(H,38,39). The van der Waals surface area contributed by atoms with Crippen LogP contribution < -0.4 is 15.4 Å². The Hall–Kier alpha value is -5.09. The second-order valence-electron chi connectivity index (χ2n) is 8.68. The van der Waals surface area contributed by atoms with Gasteiger partial charge in [0.2, 0.25) is 5.91 Å². The average molecular weight is 571 g/mol. The number of nitrogens with one attached hydrogen (secondary N) is 2. The fourth-order valence-corrected chi connectivity index (χ4v) is 5.07. The molecule has 0 fully saturated rings. The molecule has 2 amide bonds. The van der Waals surface area contributed by atoms with Crippen molar-refractivity contribution in [1.82, 2.24) is 0 Å². The molecule has 41 heavy (non-hydrogen) atoms. The van der Waals surface area contributed by atoms with Gasteiger partial charge in [-0.25, -0.2) is 9.59 Å². The van der Waals surface area contributed by atoms with Gasteiger partial charge in [0.1, 0.15) is 11.0 Å². The van der Waals surface area contributed by atoms with E-state index in [4.69, 9.17) is 9.84 Å². The number of aromatic carboxylic acids is 2. The van der Waals surface area contributed by atoms with Crippen molar-refractivity contribution in [1.29, 1.82) is 0 Å². The molecule has 0 heterocycles. The van der Waals surface area contributed by atoms with E-state index in [1.807, 2.05) is 43.3 Å². The van der Waals surface area contributed by atoms with Crippen LogP contribution in [-0.2, 0) is 4.79 Å². The summed E-state index contributed by atoms with van der Waals surface area (Å²) >= 11 is 1.28. The number of carbonyl (C=O) groups is 4. The number of anilines is 2. The maximum absolute atomic E-state index is 13.5. The number of hydrogen-bond donors (Lipinski definition) is 4. The molecule has 1 atom stereocenters. The summed E-state index contributed by atoms with van der Waals surface area (Å²) in [5.74, 6) is -3.16. The molecule has 10 heteroatoms. The number of carboxylic acid groups (broad SMARTS) is 2. The van der Waals surface area contributed by atoms with Crippen molar-refractivity contribution in [3.63, 3.8) is 0 Å². The van der Waals surface area contributed by atoms with Gasteiger partial charge in [-0.05, 0) is 61.0 Å². The molecule has 208 valence electrons. The zero-order valence-electron chi connectivity index (χ0n) is 21.9. The lowest BCUT2D eigenvalue weighted by Crippen LogP contribution is -2.19. The minimum absolute atomic E-state index is 0.185. The van der Waals surface area contributed by atoms with Gasteiger partial charge in [0, 0.05) is 10.6 Å². The van der Waals surface area contributed by atoms with Crippen LogP contribution in [0.25, 0.3) is 0 Å². The molecule has 0 saturated heterocycles. The Labute approximate surface area is 240 Å². The lowest BCUT2D eigenvalue weighted by atomic mass is 10.0. The number of rotatable bonds is 11. The zero-order valence-corrected chi connectivity index (χ0v) is 22.7. The molecule has 0 radical (unpaired) electrons. The van der Waals surface area contributed by atoms with E-state index in [0.717, 1.165) is 17.7 Å². The van der Waals surface area contributed by atoms with E-state index in [-0.39, 0.29) is 17.0 Å². The molecule has 4 rings (SSSR count).